The lowest BCUT2D eigenvalue weighted by molar-refractivity contribution is 0.0115. The highest BCUT2D eigenvalue weighted by molar-refractivity contribution is 6.12. The zero-order valence-electron chi connectivity index (χ0n) is 19.0. The van der Waals surface area contributed by atoms with E-state index >= 15 is 0 Å². The highest BCUT2D eigenvalue weighted by Gasteiger charge is 2.37. The summed E-state index contributed by atoms with van der Waals surface area (Å²) in [6.45, 7) is 2.47. The Labute approximate surface area is 198 Å². The van der Waals surface area contributed by atoms with Crippen molar-refractivity contribution in [2.45, 2.75) is 25.8 Å². The Balaban J connectivity index is 1.26. The molecule has 0 aliphatic carbocycles. The van der Waals surface area contributed by atoms with Gasteiger partial charge in [0.25, 0.3) is 5.92 Å². The van der Waals surface area contributed by atoms with E-state index in [2.05, 4.69) is 20.1 Å². The van der Waals surface area contributed by atoms with Gasteiger partial charge in [-0.15, -0.1) is 0 Å². The van der Waals surface area contributed by atoms with Crippen LogP contribution in [0.1, 0.15) is 33.9 Å². The van der Waals surface area contributed by atoms with Crippen LogP contribution in [0.3, 0.4) is 0 Å². The number of anilines is 1. The number of hydrogen-bond donors (Lipinski definition) is 3. The monoisotopic (exact) mass is 475 g/mol. The molecule has 0 unspecified atom stereocenters. The molecule has 0 radical (unpaired) electrons. The maximum atomic E-state index is 13.5. The molecule has 1 fully saturated rings. The highest BCUT2D eigenvalue weighted by Crippen LogP contribution is 2.29. The first-order valence-electron chi connectivity index (χ1n) is 11.3. The number of aromatic amines is 2. The van der Waals surface area contributed by atoms with Gasteiger partial charge in [-0.2, -0.15) is 5.10 Å². The van der Waals surface area contributed by atoms with Crippen molar-refractivity contribution >= 4 is 33.5 Å². The first-order valence-corrected chi connectivity index (χ1v) is 11.3. The molecule has 10 heteroatoms. The lowest BCUT2D eigenvalue weighted by Crippen LogP contribution is -2.24. The van der Waals surface area contributed by atoms with Gasteiger partial charge < -0.3 is 15.7 Å². The SMILES string of the molecule is Cc1nc2cc(-n3ncc(C(=O)c4cc5cc(CN6CCC(F)(F)C6)ccc5[nH]4)c3N)ccc2[nH]1. The van der Waals surface area contributed by atoms with Crippen LogP contribution in [0.2, 0.25) is 0 Å². The van der Waals surface area contributed by atoms with Crippen LogP contribution in [0.4, 0.5) is 14.6 Å². The average Bonchev–Trinajstić information content (AvgIpc) is 3.57. The molecule has 1 aliphatic rings. The Bertz CT molecular complexity index is 1600. The third kappa shape index (κ3) is 3.85. The first-order chi connectivity index (χ1) is 16.8. The molecular formula is C25H23F2N7O. The second-order valence-corrected chi connectivity index (χ2v) is 9.13. The summed E-state index contributed by atoms with van der Waals surface area (Å²) in [7, 11) is 0. The molecular weight excluding hydrogens is 452 g/mol. The summed E-state index contributed by atoms with van der Waals surface area (Å²) in [5, 5.41) is 5.17. The van der Waals surface area contributed by atoms with Gasteiger partial charge in [-0.25, -0.2) is 18.4 Å². The number of hydrogen-bond acceptors (Lipinski definition) is 5. The minimum absolute atomic E-state index is 0.109. The smallest absolute Gasteiger partial charge is 0.261 e. The molecule has 6 rings (SSSR count). The second-order valence-electron chi connectivity index (χ2n) is 9.13. The number of likely N-dealkylation sites (tertiary alicyclic amines) is 1. The number of nitrogens with two attached hydrogens (primary N) is 1. The first kappa shape index (κ1) is 21.5. The summed E-state index contributed by atoms with van der Waals surface area (Å²) in [5.41, 5.74) is 11.1. The number of benzene rings is 2. The van der Waals surface area contributed by atoms with Crippen LogP contribution >= 0.6 is 0 Å². The quantitative estimate of drug-likeness (QED) is 0.330. The van der Waals surface area contributed by atoms with Gasteiger partial charge in [0.1, 0.15) is 11.6 Å². The summed E-state index contributed by atoms with van der Waals surface area (Å²) in [6, 6.07) is 13.1. The molecule has 8 nitrogen and oxygen atoms in total. The van der Waals surface area contributed by atoms with Gasteiger partial charge in [-0.1, -0.05) is 6.07 Å². The fourth-order valence-corrected chi connectivity index (χ4v) is 4.74. The Morgan fingerprint density at radius 3 is 2.77 bits per heavy atom. The van der Waals surface area contributed by atoms with E-state index in [1.54, 1.807) is 11.0 Å². The number of aryl methyl sites for hydroxylation is 1. The van der Waals surface area contributed by atoms with E-state index in [0.717, 1.165) is 33.3 Å². The number of rotatable bonds is 5. The summed E-state index contributed by atoms with van der Waals surface area (Å²) >= 11 is 0. The Hall–Kier alpha value is -4.05. The molecule has 4 N–H and O–H groups in total. The normalized spacial score (nSPS) is 16.0. The van der Waals surface area contributed by atoms with E-state index in [-0.39, 0.29) is 30.1 Å². The molecule has 0 saturated carbocycles. The molecule has 3 aromatic heterocycles. The largest absolute Gasteiger partial charge is 0.383 e. The third-order valence-corrected chi connectivity index (χ3v) is 6.47. The Kier molecular flexibility index (Phi) is 4.75. The summed E-state index contributed by atoms with van der Waals surface area (Å²) in [6.07, 6.45) is 1.35. The minimum Gasteiger partial charge on any atom is -0.383 e. The zero-order valence-corrected chi connectivity index (χ0v) is 19.0. The number of imidazole rings is 1. The Morgan fingerprint density at radius 1 is 1.14 bits per heavy atom. The molecule has 1 saturated heterocycles. The summed E-state index contributed by atoms with van der Waals surface area (Å²) in [4.78, 5) is 25.8. The minimum atomic E-state index is -2.62. The van der Waals surface area contributed by atoms with Gasteiger partial charge in [-0.05, 0) is 48.9 Å². The van der Waals surface area contributed by atoms with Crippen molar-refractivity contribution in [3.63, 3.8) is 0 Å². The summed E-state index contributed by atoms with van der Waals surface area (Å²) < 4.78 is 28.5. The average molecular weight is 476 g/mol. The van der Waals surface area contributed by atoms with E-state index in [1.165, 1.54) is 10.9 Å². The number of fused-ring (bicyclic) bond motifs is 2. The van der Waals surface area contributed by atoms with Crippen LogP contribution in [0.25, 0.3) is 27.6 Å². The van der Waals surface area contributed by atoms with Gasteiger partial charge in [-0.3, -0.25) is 9.69 Å². The molecule has 178 valence electrons. The second kappa shape index (κ2) is 7.74. The van der Waals surface area contributed by atoms with Gasteiger partial charge >= 0.3 is 0 Å². The predicted molar refractivity (Wildman–Crippen MR) is 129 cm³/mol. The predicted octanol–water partition coefficient (Wildman–Crippen LogP) is 4.19. The van der Waals surface area contributed by atoms with Gasteiger partial charge in [0.2, 0.25) is 5.78 Å². The molecule has 0 amide bonds. The Morgan fingerprint density at radius 2 is 1.97 bits per heavy atom. The van der Waals surface area contributed by atoms with Crippen LogP contribution in [-0.2, 0) is 6.54 Å². The van der Waals surface area contributed by atoms with Gasteiger partial charge in [0.05, 0.1) is 40.7 Å². The maximum absolute atomic E-state index is 13.5. The van der Waals surface area contributed by atoms with Crippen LogP contribution in [0, 0.1) is 6.92 Å². The zero-order chi connectivity index (χ0) is 24.3. The number of ketones is 1. The van der Waals surface area contributed by atoms with Crippen LogP contribution < -0.4 is 5.73 Å². The highest BCUT2D eigenvalue weighted by atomic mass is 19.3. The summed E-state index contributed by atoms with van der Waals surface area (Å²) in [5.74, 6) is -1.86. The molecule has 35 heavy (non-hydrogen) atoms. The number of nitrogens with one attached hydrogen (secondary N) is 2. The molecule has 2 aromatic carbocycles. The standard InChI is InChI=1S/C25H23F2N7O/c1-14-30-20-5-3-17(10-21(20)31-14)34-24(28)18(11-29-34)23(35)22-9-16-8-15(2-4-19(16)32-22)12-33-7-6-25(26,27)13-33/h2-5,8-11,32H,6-7,12-13,28H2,1H3,(H,30,31). The number of nitrogens with zero attached hydrogens (tertiary/aromatic N) is 4. The number of carbonyl (C=O) groups excluding carboxylic acids is 1. The number of nitrogen functional groups attached to an aromatic ring is 1. The van der Waals surface area contributed by atoms with Crippen LogP contribution in [0.15, 0.2) is 48.7 Å². The molecule has 0 bridgehead atoms. The lowest BCUT2D eigenvalue weighted by atomic mass is 10.1. The fraction of sp³-hybridized carbons (Fsp3) is 0.240. The van der Waals surface area contributed by atoms with Crippen molar-refractivity contribution < 1.29 is 13.6 Å². The van der Waals surface area contributed by atoms with Crippen molar-refractivity contribution in [2.24, 2.45) is 0 Å². The number of halogens is 2. The van der Waals surface area contributed by atoms with E-state index in [0.29, 0.717) is 24.5 Å². The lowest BCUT2D eigenvalue weighted by Gasteiger charge is -2.15. The topological polar surface area (TPSA) is 109 Å². The van der Waals surface area contributed by atoms with E-state index in [4.69, 9.17) is 5.73 Å². The number of alkyl halides is 2. The molecule has 0 atom stereocenters. The van der Waals surface area contributed by atoms with E-state index in [9.17, 15) is 13.6 Å². The van der Waals surface area contributed by atoms with Crippen molar-refractivity contribution in [3.8, 4) is 5.69 Å². The van der Waals surface area contributed by atoms with Gasteiger partial charge in [0, 0.05) is 30.4 Å². The van der Waals surface area contributed by atoms with E-state index in [1.807, 2.05) is 43.3 Å². The molecule has 4 heterocycles. The van der Waals surface area contributed by atoms with Crippen LogP contribution in [-0.4, -0.2) is 54.4 Å². The number of aromatic nitrogens is 5. The van der Waals surface area contributed by atoms with Gasteiger partial charge in [0.15, 0.2) is 0 Å². The van der Waals surface area contributed by atoms with Crippen molar-refractivity contribution in [1.82, 2.24) is 29.6 Å². The number of H-pyrrole nitrogens is 2. The number of carbonyl (C=O) groups is 1. The van der Waals surface area contributed by atoms with Crippen molar-refractivity contribution in [1.29, 1.82) is 0 Å². The fourth-order valence-electron chi connectivity index (χ4n) is 4.74. The van der Waals surface area contributed by atoms with Crippen molar-refractivity contribution in [3.05, 3.63) is 71.3 Å². The molecule has 0 spiro atoms. The van der Waals surface area contributed by atoms with Crippen molar-refractivity contribution in [2.75, 3.05) is 18.8 Å². The maximum Gasteiger partial charge on any atom is 0.261 e. The van der Waals surface area contributed by atoms with E-state index < -0.39 is 5.92 Å². The third-order valence-electron chi connectivity index (χ3n) is 6.47. The molecule has 1 aliphatic heterocycles. The molecule has 5 aromatic rings. The van der Waals surface area contributed by atoms with Crippen LogP contribution in [0.5, 0.6) is 0 Å².